The second kappa shape index (κ2) is 8.56. The van der Waals surface area contributed by atoms with Gasteiger partial charge in [-0.05, 0) is 31.7 Å². The molecule has 1 amide bonds. The highest BCUT2D eigenvalue weighted by molar-refractivity contribution is 6.25. The van der Waals surface area contributed by atoms with Crippen molar-refractivity contribution in [2.24, 2.45) is 17.6 Å². The van der Waals surface area contributed by atoms with E-state index in [1.807, 2.05) is 0 Å². The lowest BCUT2D eigenvalue weighted by Crippen LogP contribution is -2.65. The summed E-state index contributed by atoms with van der Waals surface area (Å²) in [6.45, 7) is 4.25. The number of Topliss-reactive ketones (excluding diaryl/α,β-unsaturated/α-hetero) is 2. The maximum atomic E-state index is 13.9. The van der Waals surface area contributed by atoms with Crippen LogP contribution in [0.3, 0.4) is 0 Å². The van der Waals surface area contributed by atoms with Crippen LogP contribution in [0.15, 0.2) is 35.6 Å². The summed E-state index contributed by atoms with van der Waals surface area (Å²) in [5.41, 5.74) is 2.64. The fraction of sp³-hybridized carbons (Fsp3) is 0.400. The van der Waals surface area contributed by atoms with E-state index in [1.54, 1.807) is 33.3 Å². The van der Waals surface area contributed by atoms with Gasteiger partial charge in [0.25, 0.3) is 5.91 Å². The van der Waals surface area contributed by atoms with E-state index in [-0.39, 0.29) is 29.9 Å². The first-order valence-electron chi connectivity index (χ1n) is 11.2. The summed E-state index contributed by atoms with van der Waals surface area (Å²) < 4.78 is 0. The van der Waals surface area contributed by atoms with Crippen LogP contribution in [0.2, 0.25) is 0 Å². The number of nitrogens with zero attached hydrogens (tertiary/aromatic N) is 2. The molecule has 0 spiro atoms. The fourth-order valence-electron chi connectivity index (χ4n) is 5.67. The van der Waals surface area contributed by atoms with Gasteiger partial charge in [0.05, 0.1) is 25.3 Å². The summed E-state index contributed by atoms with van der Waals surface area (Å²) in [6, 6.07) is 2.15. The number of allylic oxidation sites excluding steroid dienone is 1. The van der Waals surface area contributed by atoms with Crippen LogP contribution in [0.4, 0.5) is 0 Å². The Hall–Kier alpha value is -3.51. The first kappa shape index (κ1) is 25.6. The first-order valence-corrected chi connectivity index (χ1v) is 11.2. The minimum Gasteiger partial charge on any atom is -0.508 e. The maximum absolute atomic E-state index is 13.9. The van der Waals surface area contributed by atoms with E-state index in [4.69, 9.17) is 10.6 Å². The molecule has 11 heteroatoms. The maximum Gasteiger partial charge on any atom is 0.255 e. The molecule has 0 radical (unpaired) electrons. The SMILES string of the molecule is C=C1c2ccc(CN(C)OC)c(O)c2C(O)=C2C(=O)[C@]3(O)C(O)=C(C(N)=O)C(=O)[C@@H](N(C)C)[C@@H]3C[C@H]12. The third-order valence-electron chi connectivity index (χ3n) is 7.49. The Morgan fingerprint density at radius 1 is 1.22 bits per heavy atom. The number of likely N-dealkylation sites (N-methyl/N-ethyl adjacent to an activating group) is 1. The summed E-state index contributed by atoms with van der Waals surface area (Å²) in [5.74, 6) is -7.19. The van der Waals surface area contributed by atoms with Crippen LogP contribution < -0.4 is 5.73 Å². The zero-order valence-corrected chi connectivity index (χ0v) is 20.4. The van der Waals surface area contributed by atoms with Crippen molar-refractivity contribution in [3.8, 4) is 5.75 Å². The number of benzene rings is 1. The lowest BCUT2D eigenvalue weighted by molar-refractivity contribution is -0.152. The molecule has 0 saturated heterocycles. The number of nitrogens with two attached hydrogens (primary N) is 1. The summed E-state index contributed by atoms with van der Waals surface area (Å²) in [6.07, 6.45) is -0.0560. The Bertz CT molecular complexity index is 1280. The van der Waals surface area contributed by atoms with E-state index >= 15 is 0 Å². The molecule has 4 rings (SSSR count). The molecule has 3 aliphatic carbocycles. The molecule has 1 fully saturated rings. The molecule has 6 N–H and O–H groups in total. The molecule has 0 aliphatic heterocycles. The molecule has 192 valence electrons. The molecule has 0 aromatic heterocycles. The van der Waals surface area contributed by atoms with E-state index in [1.165, 1.54) is 17.1 Å². The number of ketones is 2. The standard InChI is InChI=1S/C25H29N3O8/c1-10-12-7-6-11(9-28(4)36-5)19(29)15(12)20(30)16-13(10)8-14-18(27(2)3)21(31)17(24(26)34)23(33)25(14,35)22(16)32/h6-7,13-14,18,29-30,33,35H,1,8-9H2,2-5H3,(H2,26,34)/t13-,14+,18+,25+/m1/s1. The van der Waals surface area contributed by atoms with Gasteiger partial charge in [-0.3, -0.25) is 19.3 Å². The van der Waals surface area contributed by atoms with Crippen LogP contribution in [0, 0.1) is 11.8 Å². The zero-order chi connectivity index (χ0) is 26.9. The number of rotatable bonds is 5. The van der Waals surface area contributed by atoms with E-state index < -0.39 is 58.0 Å². The predicted octanol–water partition coefficient (Wildman–Crippen LogP) is 0.428. The van der Waals surface area contributed by atoms with Gasteiger partial charge in [-0.25, -0.2) is 0 Å². The number of hydroxylamine groups is 2. The number of phenolic OH excluding ortho intramolecular Hbond substituents is 1. The second-order valence-corrected chi connectivity index (χ2v) is 9.60. The minimum absolute atomic E-state index is 0.0432. The second-order valence-electron chi connectivity index (χ2n) is 9.60. The van der Waals surface area contributed by atoms with Gasteiger partial charge in [-0.15, -0.1) is 0 Å². The molecule has 0 heterocycles. The smallest absolute Gasteiger partial charge is 0.255 e. The van der Waals surface area contributed by atoms with Crippen molar-refractivity contribution < 1.29 is 39.6 Å². The number of primary amides is 1. The molecule has 0 unspecified atom stereocenters. The molecule has 36 heavy (non-hydrogen) atoms. The quantitative estimate of drug-likeness (QED) is 0.282. The van der Waals surface area contributed by atoms with Crippen molar-refractivity contribution in [3.63, 3.8) is 0 Å². The van der Waals surface area contributed by atoms with Gasteiger partial charge in [-0.1, -0.05) is 18.7 Å². The highest BCUT2D eigenvalue weighted by Gasteiger charge is 2.64. The Kier molecular flexibility index (Phi) is 6.08. The van der Waals surface area contributed by atoms with Crippen LogP contribution in [0.1, 0.15) is 23.1 Å². The predicted molar refractivity (Wildman–Crippen MR) is 128 cm³/mol. The highest BCUT2D eigenvalue weighted by Crippen LogP contribution is 2.55. The molecule has 3 aliphatic rings. The van der Waals surface area contributed by atoms with Gasteiger partial charge in [0, 0.05) is 30.0 Å². The fourth-order valence-corrected chi connectivity index (χ4v) is 5.67. The summed E-state index contributed by atoms with van der Waals surface area (Å²) >= 11 is 0. The van der Waals surface area contributed by atoms with Crippen molar-refractivity contribution in [2.45, 2.75) is 24.6 Å². The molecule has 1 aromatic carbocycles. The Morgan fingerprint density at radius 2 is 1.86 bits per heavy atom. The van der Waals surface area contributed by atoms with Crippen LogP contribution >= 0.6 is 0 Å². The molecule has 11 nitrogen and oxygen atoms in total. The Balaban J connectivity index is 1.96. The number of aliphatic hydroxyl groups is 3. The number of aliphatic hydroxyl groups excluding tert-OH is 2. The lowest BCUT2D eigenvalue weighted by atomic mass is 9.56. The molecule has 1 aromatic rings. The van der Waals surface area contributed by atoms with Gasteiger partial charge < -0.3 is 31.0 Å². The van der Waals surface area contributed by atoms with E-state index in [2.05, 4.69) is 6.58 Å². The van der Waals surface area contributed by atoms with Crippen LogP contribution in [0.25, 0.3) is 11.3 Å². The normalized spacial score (nSPS) is 28.0. The van der Waals surface area contributed by atoms with Crippen molar-refractivity contribution in [3.05, 3.63) is 52.3 Å². The van der Waals surface area contributed by atoms with Gasteiger partial charge in [0.2, 0.25) is 5.78 Å². The van der Waals surface area contributed by atoms with Crippen molar-refractivity contribution in [2.75, 3.05) is 28.3 Å². The first-order chi connectivity index (χ1) is 16.8. The number of carbonyl (C=O) groups excluding carboxylic acids is 3. The summed E-state index contributed by atoms with van der Waals surface area (Å²) in [7, 11) is 6.18. The summed E-state index contributed by atoms with van der Waals surface area (Å²) in [4.78, 5) is 45.6. The van der Waals surface area contributed by atoms with E-state index in [9.17, 15) is 34.8 Å². The summed E-state index contributed by atoms with van der Waals surface area (Å²) in [5, 5.41) is 46.2. The van der Waals surface area contributed by atoms with Crippen molar-refractivity contribution in [1.82, 2.24) is 9.96 Å². The minimum atomic E-state index is -2.70. The Labute approximate surface area is 207 Å². The highest BCUT2D eigenvalue weighted by atomic mass is 16.7. The van der Waals surface area contributed by atoms with Crippen molar-refractivity contribution >= 4 is 28.8 Å². The van der Waals surface area contributed by atoms with Crippen LogP contribution in [0.5, 0.6) is 5.75 Å². The number of carbonyl (C=O) groups is 3. The van der Waals surface area contributed by atoms with Gasteiger partial charge in [0.1, 0.15) is 22.8 Å². The average Bonchev–Trinajstić information content (AvgIpc) is 2.80. The number of amides is 1. The van der Waals surface area contributed by atoms with Crippen LogP contribution in [-0.4, -0.2) is 87.8 Å². The largest absolute Gasteiger partial charge is 0.508 e. The van der Waals surface area contributed by atoms with Gasteiger partial charge in [0.15, 0.2) is 11.4 Å². The van der Waals surface area contributed by atoms with Crippen molar-refractivity contribution in [1.29, 1.82) is 0 Å². The van der Waals surface area contributed by atoms with Gasteiger partial charge in [-0.2, -0.15) is 5.06 Å². The van der Waals surface area contributed by atoms with E-state index in [0.29, 0.717) is 16.7 Å². The number of hydrogen-bond acceptors (Lipinski definition) is 10. The average molecular weight is 500 g/mol. The third kappa shape index (κ3) is 3.31. The molecule has 4 atom stereocenters. The molecule has 0 bridgehead atoms. The molecule has 1 saturated carbocycles. The molecular weight excluding hydrogens is 470 g/mol. The van der Waals surface area contributed by atoms with E-state index in [0.717, 1.165) is 0 Å². The molecular formula is C25H29N3O8. The zero-order valence-electron chi connectivity index (χ0n) is 20.4. The number of fused-ring (bicyclic) bond motifs is 3. The van der Waals surface area contributed by atoms with Crippen LogP contribution in [-0.2, 0) is 25.8 Å². The number of phenols is 1. The topological polar surface area (TPSA) is 174 Å². The Morgan fingerprint density at radius 3 is 2.42 bits per heavy atom. The number of hydrogen-bond donors (Lipinski definition) is 5. The monoisotopic (exact) mass is 499 g/mol. The lowest BCUT2D eigenvalue weighted by Gasteiger charge is -2.50. The number of aromatic hydroxyl groups is 1. The third-order valence-corrected chi connectivity index (χ3v) is 7.49. The van der Waals surface area contributed by atoms with Gasteiger partial charge >= 0.3 is 0 Å².